The molecule has 116 valence electrons. The Kier molecular flexibility index (Phi) is 3.44. The van der Waals surface area contributed by atoms with Crippen LogP contribution >= 0.6 is 0 Å². The fraction of sp³-hybridized carbons (Fsp3) is 0.571. The monoisotopic (exact) mass is 307 g/mol. The quantitative estimate of drug-likeness (QED) is 0.500. The zero-order valence-corrected chi connectivity index (χ0v) is 11.0. The smallest absolute Gasteiger partial charge is 0.200 e. The van der Waals surface area contributed by atoms with Crippen molar-refractivity contribution in [3.05, 3.63) is 34.6 Å². The largest absolute Gasteiger partial charge is 0.389 e. The molecular formula is C14H14F5NO. The summed E-state index contributed by atoms with van der Waals surface area (Å²) in [6.45, 7) is 0. The average Bonchev–Trinajstić information content (AvgIpc) is 2.79. The first-order chi connectivity index (χ1) is 9.81. The van der Waals surface area contributed by atoms with E-state index in [4.69, 9.17) is 0 Å². The van der Waals surface area contributed by atoms with E-state index in [9.17, 15) is 27.1 Å². The maximum atomic E-state index is 13.7. The lowest BCUT2D eigenvalue weighted by Crippen LogP contribution is -2.49. The van der Waals surface area contributed by atoms with Crippen molar-refractivity contribution in [3.63, 3.8) is 0 Å². The lowest BCUT2D eigenvalue weighted by Gasteiger charge is -2.37. The summed E-state index contributed by atoms with van der Waals surface area (Å²) in [5.74, 6) is -9.82. The number of rotatable bonds is 2. The van der Waals surface area contributed by atoms with Gasteiger partial charge in [0, 0.05) is 24.1 Å². The third-order valence-corrected chi connectivity index (χ3v) is 4.39. The van der Waals surface area contributed by atoms with Gasteiger partial charge >= 0.3 is 0 Å². The predicted octanol–water partition coefficient (Wildman–Crippen LogP) is 2.57. The SMILES string of the molecule is OC1(Cc2c(F)c(F)c(F)c(F)c2F)CC2CCC(C1)N2. The molecule has 2 fully saturated rings. The van der Waals surface area contributed by atoms with Crippen molar-refractivity contribution in [2.45, 2.75) is 49.8 Å². The Labute approximate surface area is 118 Å². The number of aliphatic hydroxyl groups is 1. The molecule has 0 radical (unpaired) electrons. The summed E-state index contributed by atoms with van der Waals surface area (Å²) in [6, 6.07) is 0.0463. The molecule has 2 bridgehead atoms. The molecule has 7 heteroatoms. The van der Waals surface area contributed by atoms with Crippen LogP contribution in [-0.4, -0.2) is 22.8 Å². The Morgan fingerprint density at radius 3 is 1.76 bits per heavy atom. The molecular weight excluding hydrogens is 293 g/mol. The minimum atomic E-state index is -2.17. The van der Waals surface area contributed by atoms with E-state index in [2.05, 4.69) is 5.32 Å². The zero-order chi connectivity index (χ0) is 15.4. The summed E-state index contributed by atoms with van der Waals surface area (Å²) in [6.07, 6.45) is 1.58. The highest BCUT2D eigenvalue weighted by atomic mass is 19.2. The summed E-state index contributed by atoms with van der Waals surface area (Å²) in [7, 11) is 0. The van der Waals surface area contributed by atoms with Crippen molar-refractivity contribution in [1.82, 2.24) is 5.32 Å². The molecule has 0 aromatic heterocycles. The Bertz CT molecular complexity index is 550. The number of halogens is 5. The van der Waals surface area contributed by atoms with Crippen LogP contribution in [0.1, 0.15) is 31.2 Å². The van der Waals surface area contributed by atoms with Gasteiger partial charge in [0.25, 0.3) is 0 Å². The van der Waals surface area contributed by atoms with Gasteiger partial charge in [0.1, 0.15) is 0 Å². The van der Waals surface area contributed by atoms with Crippen molar-refractivity contribution in [2.24, 2.45) is 0 Å². The van der Waals surface area contributed by atoms with E-state index in [1.54, 1.807) is 0 Å². The molecule has 2 saturated heterocycles. The number of hydrogen-bond donors (Lipinski definition) is 2. The summed E-state index contributed by atoms with van der Waals surface area (Å²) in [5, 5.41) is 13.7. The van der Waals surface area contributed by atoms with Crippen LogP contribution in [0.2, 0.25) is 0 Å². The van der Waals surface area contributed by atoms with Crippen LogP contribution in [0.4, 0.5) is 22.0 Å². The second-order valence-electron chi connectivity index (χ2n) is 6.00. The van der Waals surface area contributed by atoms with E-state index in [1.807, 2.05) is 0 Å². The summed E-state index contributed by atoms with van der Waals surface area (Å²) >= 11 is 0. The van der Waals surface area contributed by atoms with E-state index in [0.29, 0.717) is 0 Å². The highest BCUT2D eigenvalue weighted by molar-refractivity contribution is 5.26. The second-order valence-corrected chi connectivity index (χ2v) is 6.00. The van der Waals surface area contributed by atoms with Crippen molar-refractivity contribution >= 4 is 0 Å². The fourth-order valence-electron chi connectivity index (χ4n) is 3.50. The normalized spacial score (nSPS) is 31.7. The molecule has 2 heterocycles. The topological polar surface area (TPSA) is 32.3 Å². The van der Waals surface area contributed by atoms with Crippen LogP contribution in [0.15, 0.2) is 0 Å². The molecule has 1 aromatic rings. The fourth-order valence-corrected chi connectivity index (χ4v) is 3.50. The van der Waals surface area contributed by atoms with Gasteiger partial charge < -0.3 is 10.4 Å². The predicted molar refractivity (Wildman–Crippen MR) is 64.1 cm³/mol. The zero-order valence-electron chi connectivity index (χ0n) is 11.0. The maximum Gasteiger partial charge on any atom is 0.200 e. The van der Waals surface area contributed by atoms with Gasteiger partial charge in [-0.1, -0.05) is 0 Å². The summed E-state index contributed by atoms with van der Waals surface area (Å²) in [4.78, 5) is 0. The Morgan fingerprint density at radius 2 is 1.29 bits per heavy atom. The molecule has 3 rings (SSSR count). The summed E-state index contributed by atoms with van der Waals surface area (Å²) in [5.41, 5.74) is -2.38. The van der Waals surface area contributed by atoms with Crippen molar-refractivity contribution in [3.8, 4) is 0 Å². The first-order valence-electron chi connectivity index (χ1n) is 6.79. The molecule has 21 heavy (non-hydrogen) atoms. The Balaban J connectivity index is 1.95. The minimum Gasteiger partial charge on any atom is -0.389 e. The number of piperidine rings is 1. The lowest BCUT2D eigenvalue weighted by atomic mass is 9.82. The highest BCUT2D eigenvalue weighted by Gasteiger charge is 2.43. The average molecular weight is 307 g/mol. The Morgan fingerprint density at radius 1 is 0.857 bits per heavy atom. The van der Waals surface area contributed by atoms with Gasteiger partial charge in [-0.3, -0.25) is 0 Å². The van der Waals surface area contributed by atoms with E-state index >= 15 is 0 Å². The lowest BCUT2D eigenvalue weighted by molar-refractivity contribution is -0.00774. The third kappa shape index (κ3) is 2.42. The molecule has 2 unspecified atom stereocenters. The number of benzene rings is 1. The Hall–Kier alpha value is -1.21. The van der Waals surface area contributed by atoms with Crippen LogP contribution in [0.5, 0.6) is 0 Å². The molecule has 0 saturated carbocycles. The first-order valence-corrected chi connectivity index (χ1v) is 6.79. The van der Waals surface area contributed by atoms with Crippen molar-refractivity contribution in [2.75, 3.05) is 0 Å². The van der Waals surface area contributed by atoms with Crippen LogP contribution < -0.4 is 5.32 Å². The van der Waals surface area contributed by atoms with Crippen LogP contribution in [0.3, 0.4) is 0 Å². The molecule has 2 atom stereocenters. The van der Waals surface area contributed by atoms with E-state index < -0.39 is 46.7 Å². The van der Waals surface area contributed by atoms with Gasteiger partial charge in [-0.15, -0.1) is 0 Å². The van der Waals surface area contributed by atoms with Crippen LogP contribution in [0.25, 0.3) is 0 Å². The van der Waals surface area contributed by atoms with Gasteiger partial charge in [-0.05, 0) is 25.7 Å². The molecule has 2 N–H and O–H groups in total. The second kappa shape index (κ2) is 4.91. The first kappa shape index (κ1) is 14.7. The standard InChI is InChI=1S/C14H14F5NO/c15-9-8(10(16)12(18)13(19)11(9)17)5-14(21)3-6-1-2-7(4-14)20-6/h6-7,20-21H,1-5H2. The molecule has 2 nitrogen and oxygen atoms in total. The highest BCUT2D eigenvalue weighted by Crippen LogP contribution is 2.37. The van der Waals surface area contributed by atoms with Gasteiger partial charge in [0.05, 0.1) is 5.60 Å². The molecule has 2 aliphatic heterocycles. The van der Waals surface area contributed by atoms with E-state index in [1.165, 1.54) is 0 Å². The van der Waals surface area contributed by atoms with Gasteiger partial charge in [-0.2, -0.15) is 0 Å². The van der Waals surface area contributed by atoms with Crippen LogP contribution in [-0.2, 0) is 6.42 Å². The van der Waals surface area contributed by atoms with Crippen molar-refractivity contribution in [1.29, 1.82) is 0 Å². The molecule has 2 aliphatic rings. The number of hydrogen-bond acceptors (Lipinski definition) is 2. The maximum absolute atomic E-state index is 13.7. The molecule has 0 aliphatic carbocycles. The number of nitrogens with one attached hydrogen (secondary N) is 1. The molecule has 0 spiro atoms. The summed E-state index contributed by atoms with van der Waals surface area (Å²) < 4.78 is 66.8. The van der Waals surface area contributed by atoms with Gasteiger partial charge in [-0.25, -0.2) is 22.0 Å². The molecule has 1 aromatic carbocycles. The van der Waals surface area contributed by atoms with E-state index in [-0.39, 0.29) is 24.9 Å². The van der Waals surface area contributed by atoms with Gasteiger partial charge in [0.2, 0.25) is 5.82 Å². The molecule has 0 amide bonds. The third-order valence-electron chi connectivity index (χ3n) is 4.39. The van der Waals surface area contributed by atoms with Crippen molar-refractivity contribution < 1.29 is 27.1 Å². The number of fused-ring (bicyclic) bond motifs is 2. The minimum absolute atomic E-state index is 0.0232. The van der Waals surface area contributed by atoms with Gasteiger partial charge in [0.15, 0.2) is 23.3 Å². The van der Waals surface area contributed by atoms with E-state index in [0.717, 1.165) is 12.8 Å². The van der Waals surface area contributed by atoms with Crippen LogP contribution in [0, 0.1) is 29.1 Å².